The van der Waals surface area contributed by atoms with Crippen LogP contribution in [0.15, 0.2) is 0 Å². The molecule has 9 heavy (non-hydrogen) atoms. The molecule has 1 aliphatic rings. The minimum Gasteiger partial charge on any atom is -0.341 e. The van der Waals surface area contributed by atoms with Crippen LogP contribution in [0.3, 0.4) is 0 Å². The van der Waals surface area contributed by atoms with E-state index in [2.05, 4.69) is 24.6 Å². The molecule has 1 unspecified atom stereocenters. The Morgan fingerprint density at radius 1 is 1.33 bits per heavy atom. The van der Waals surface area contributed by atoms with Crippen LogP contribution in [0.4, 0.5) is 0 Å². The minimum atomic E-state index is -0.696. The molecule has 1 heterocycles. The van der Waals surface area contributed by atoms with Gasteiger partial charge >= 0.3 is 0 Å². The van der Waals surface area contributed by atoms with Crippen molar-refractivity contribution in [3.8, 4) is 0 Å². The molecule has 1 saturated heterocycles. The van der Waals surface area contributed by atoms with Crippen molar-refractivity contribution in [2.24, 2.45) is 0 Å². The maximum atomic E-state index is 3.70. The zero-order valence-corrected chi connectivity index (χ0v) is 8.85. The molecule has 1 aliphatic heterocycles. The van der Waals surface area contributed by atoms with Crippen molar-refractivity contribution in [1.82, 2.24) is 4.98 Å². The topological polar surface area (TPSA) is 12.0 Å². The predicted octanol–water partition coefficient (Wildman–Crippen LogP) is 1.12. The molecule has 0 radical (unpaired) electrons. The van der Waals surface area contributed by atoms with Gasteiger partial charge in [-0.15, -0.1) is 0 Å². The number of rotatable bonds is 1. The highest BCUT2D eigenvalue weighted by molar-refractivity contribution is 7.30. The third kappa shape index (κ3) is 1.91. The van der Waals surface area contributed by atoms with Crippen molar-refractivity contribution in [1.29, 1.82) is 0 Å². The summed E-state index contributed by atoms with van der Waals surface area (Å²) < 4.78 is 0. The summed E-state index contributed by atoms with van der Waals surface area (Å²) in [6, 6.07) is 1.57. The van der Waals surface area contributed by atoms with Crippen LogP contribution in [-0.4, -0.2) is 22.6 Å². The lowest BCUT2D eigenvalue weighted by molar-refractivity contribution is 0.932. The third-order valence-corrected chi connectivity index (χ3v) is 13.7. The van der Waals surface area contributed by atoms with Crippen LogP contribution < -0.4 is 4.98 Å². The molecule has 0 aromatic carbocycles. The van der Waals surface area contributed by atoms with Gasteiger partial charge in [0.2, 0.25) is 0 Å². The van der Waals surface area contributed by atoms with Gasteiger partial charge in [0.15, 0.2) is 0 Å². The van der Waals surface area contributed by atoms with Gasteiger partial charge < -0.3 is 4.98 Å². The SMILES string of the molecule is C[Si](C)(C)[SiH]1CCCN1. The Kier molecular flexibility index (Phi) is 2.13. The van der Waals surface area contributed by atoms with Crippen LogP contribution >= 0.6 is 0 Å². The molecule has 1 nitrogen and oxygen atoms in total. The van der Waals surface area contributed by atoms with E-state index in [0.29, 0.717) is 0 Å². The maximum Gasteiger partial charge on any atom is 0.0987 e. The lowest BCUT2D eigenvalue weighted by atomic mass is 10.5. The summed E-state index contributed by atoms with van der Waals surface area (Å²) in [7, 11) is -1.08. The normalized spacial score (nSPS) is 29.0. The molecule has 0 aliphatic carbocycles. The minimum absolute atomic E-state index is 0.380. The summed E-state index contributed by atoms with van der Waals surface area (Å²) in [5, 5.41) is 0. The van der Waals surface area contributed by atoms with E-state index in [1.165, 1.54) is 13.0 Å². The fourth-order valence-electron chi connectivity index (χ4n) is 1.42. The monoisotopic (exact) mass is 159 g/mol. The molecule has 3 heteroatoms. The first-order valence-corrected chi connectivity index (χ1v) is 10.5. The molecule has 1 atom stereocenters. The number of hydrogen-bond donors (Lipinski definition) is 1. The van der Waals surface area contributed by atoms with Crippen molar-refractivity contribution in [3.63, 3.8) is 0 Å². The van der Waals surface area contributed by atoms with Crippen molar-refractivity contribution in [2.45, 2.75) is 32.1 Å². The zero-order chi connectivity index (χ0) is 6.91. The smallest absolute Gasteiger partial charge is 0.0987 e. The molecule has 0 aromatic heterocycles. The second-order valence-electron chi connectivity index (χ2n) is 4.01. The van der Waals surface area contributed by atoms with Gasteiger partial charge in [-0.3, -0.25) is 0 Å². The van der Waals surface area contributed by atoms with Gasteiger partial charge in [0.25, 0.3) is 0 Å². The molecule has 1 N–H and O–H groups in total. The van der Waals surface area contributed by atoms with Crippen LogP contribution in [-0.2, 0) is 0 Å². The Balaban J connectivity index is 2.42. The molecule has 0 saturated carbocycles. The van der Waals surface area contributed by atoms with E-state index in [-0.39, 0.29) is 8.48 Å². The molecule has 0 amide bonds. The quantitative estimate of drug-likeness (QED) is 0.566. The number of hydrogen-bond acceptors (Lipinski definition) is 1. The van der Waals surface area contributed by atoms with Gasteiger partial charge in [-0.2, -0.15) is 0 Å². The largest absolute Gasteiger partial charge is 0.341 e. The van der Waals surface area contributed by atoms with Crippen molar-refractivity contribution in [3.05, 3.63) is 0 Å². The first-order chi connectivity index (χ1) is 4.11. The molecule has 54 valence electrons. The van der Waals surface area contributed by atoms with Crippen molar-refractivity contribution >= 4 is 16.1 Å². The highest BCUT2D eigenvalue weighted by atomic mass is 29.2. The van der Waals surface area contributed by atoms with Crippen LogP contribution in [0, 0.1) is 0 Å². The molecule has 0 bridgehead atoms. The average molecular weight is 159 g/mol. The Morgan fingerprint density at radius 3 is 2.22 bits per heavy atom. The van der Waals surface area contributed by atoms with Crippen molar-refractivity contribution in [2.75, 3.05) is 6.54 Å². The lowest BCUT2D eigenvalue weighted by Gasteiger charge is -2.22. The second-order valence-corrected chi connectivity index (χ2v) is 18.1. The first kappa shape index (κ1) is 7.50. The Labute approximate surface area is 60.3 Å². The summed E-state index contributed by atoms with van der Waals surface area (Å²) in [5.41, 5.74) is 0. The maximum absolute atomic E-state index is 3.70. The summed E-state index contributed by atoms with van der Waals surface area (Å²) in [5.74, 6) is 0. The zero-order valence-electron chi connectivity index (χ0n) is 6.70. The van der Waals surface area contributed by atoms with Gasteiger partial charge in [-0.05, 0) is 19.0 Å². The van der Waals surface area contributed by atoms with Crippen LogP contribution in [0.25, 0.3) is 0 Å². The van der Waals surface area contributed by atoms with Gasteiger partial charge in [0.05, 0.1) is 16.1 Å². The summed E-state index contributed by atoms with van der Waals surface area (Å²) >= 11 is 0. The summed E-state index contributed by atoms with van der Waals surface area (Å²) in [4.78, 5) is 3.70. The molecule has 0 aromatic rings. The van der Waals surface area contributed by atoms with E-state index in [9.17, 15) is 0 Å². The highest BCUT2D eigenvalue weighted by Gasteiger charge is 2.30. The van der Waals surface area contributed by atoms with E-state index in [1.54, 1.807) is 6.04 Å². The summed E-state index contributed by atoms with van der Waals surface area (Å²) in [6.45, 7) is 8.83. The fraction of sp³-hybridized carbons (Fsp3) is 1.00. The highest BCUT2D eigenvalue weighted by Crippen LogP contribution is 2.13. The number of nitrogens with one attached hydrogen (secondary N) is 1. The van der Waals surface area contributed by atoms with Crippen LogP contribution in [0.5, 0.6) is 0 Å². The molecule has 1 fully saturated rings. The van der Waals surface area contributed by atoms with Crippen LogP contribution in [0.1, 0.15) is 6.42 Å². The van der Waals surface area contributed by atoms with E-state index >= 15 is 0 Å². The first-order valence-electron chi connectivity index (χ1n) is 3.84. The molecule has 1 rings (SSSR count). The van der Waals surface area contributed by atoms with E-state index < -0.39 is 7.59 Å². The van der Waals surface area contributed by atoms with Crippen LogP contribution in [0.2, 0.25) is 25.7 Å². The van der Waals surface area contributed by atoms with E-state index in [0.717, 1.165) is 0 Å². The van der Waals surface area contributed by atoms with Crippen molar-refractivity contribution < 1.29 is 0 Å². The Bertz CT molecular complexity index is 91.7. The molecular formula is C6H17NSi2. The van der Waals surface area contributed by atoms with Gasteiger partial charge in [-0.25, -0.2) is 0 Å². The lowest BCUT2D eigenvalue weighted by Crippen LogP contribution is -2.49. The Hall–Kier alpha value is 0.394. The van der Waals surface area contributed by atoms with Gasteiger partial charge in [0.1, 0.15) is 0 Å². The van der Waals surface area contributed by atoms with E-state index in [4.69, 9.17) is 0 Å². The van der Waals surface area contributed by atoms with E-state index in [1.807, 2.05) is 0 Å². The Morgan fingerprint density at radius 2 is 2.00 bits per heavy atom. The van der Waals surface area contributed by atoms with Gasteiger partial charge in [0, 0.05) is 0 Å². The fourth-order valence-corrected chi connectivity index (χ4v) is 9.75. The summed E-state index contributed by atoms with van der Waals surface area (Å²) in [6.07, 6.45) is 1.46. The molecule has 0 spiro atoms. The predicted molar refractivity (Wildman–Crippen MR) is 47.9 cm³/mol. The standard InChI is InChI=1S/C6H17NSi2/c1-9(2,3)8-6-4-5-7-8/h7-8H,4-6H2,1-3H3. The third-order valence-electron chi connectivity index (χ3n) is 2.11. The van der Waals surface area contributed by atoms with Gasteiger partial charge in [-0.1, -0.05) is 19.6 Å². The second kappa shape index (κ2) is 2.56. The average Bonchev–Trinajstić information content (AvgIpc) is 2.08. The molecular weight excluding hydrogens is 142 g/mol.